The normalized spacial score (nSPS) is 15.5. The fraction of sp³-hybridized carbons (Fsp3) is 0.182. The quantitative estimate of drug-likeness (QED) is 0.292. The van der Waals surface area contributed by atoms with Crippen LogP contribution in [-0.2, 0) is 4.79 Å². The van der Waals surface area contributed by atoms with E-state index in [-0.39, 0.29) is 39.8 Å². The smallest absolute Gasteiger partial charge is 0.336 e. The van der Waals surface area contributed by atoms with Gasteiger partial charge in [-0.25, -0.2) is 9.59 Å². The maximum atomic E-state index is 12.3. The van der Waals surface area contributed by atoms with E-state index in [0.29, 0.717) is 11.1 Å². The SMILES string of the molecule is CC(=O)c1c2c(c3oc(=O)cc(C)c3c1O)[C@H](c1ccc(C(=O)O)cc1)CC(=O)O2. The second kappa shape index (κ2) is 6.84. The first-order valence-electron chi connectivity index (χ1n) is 9.07. The van der Waals surface area contributed by atoms with Crippen molar-refractivity contribution in [2.45, 2.75) is 26.2 Å². The Labute approximate surface area is 169 Å². The number of rotatable bonds is 3. The summed E-state index contributed by atoms with van der Waals surface area (Å²) < 4.78 is 10.7. The standard InChI is InChI=1S/C22H16O8/c1-9-7-14(24)29-20-16(9)19(26)17(10(2)23)21-18(20)13(8-15(25)30-21)11-3-5-12(6-4-11)22(27)28/h3-7,13,26H,8H2,1-2H3,(H,27,28)/t13-/m0/s1. The molecular formula is C22H16O8. The van der Waals surface area contributed by atoms with E-state index in [1.807, 2.05) is 0 Å². The summed E-state index contributed by atoms with van der Waals surface area (Å²) in [4.78, 5) is 47.9. The number of aromatic carboxylic acids is 1. The van der Waals surface area contributed by atoms with Crippen molar-refractivity contribution >= 4 is 28.7 Å². The number of ether oxygens (including phenoxy) is 1. The van der Waals surface area contributed by atoms with Gasteiger partial charge in [0.2, 0.25) is 0 Å². The van der Waals surface area contributed by atoms with Gasteiger partial charge in [-0.15, -0.1) is 0 Å². The summed E-state index contributed by atoms with van der Waals surface area (Å²) in [5.41, 5.74) is 0.529. The number of aromatic hydroxyl groups is 1. The molecule has 8 heteroatoms. The molecule has 4 rings (SSSR count). The van der Waals surface area contributed by atoms with Crippen LogP contribution in [0.5, 0.6) is 11.5 Å². The summed E-state index contributed by atoms with van der Waals surface area (Å²) in [5.74, 6) is -3.50. The van der Waals surface area contributed by atoms with Crippen molar-refractivity contribution in [1.29, 1.82) is 0 Å². The molecule has 0 spiro atoms. The fourth-order valence-corrected chi connectivity index (χ4v) is 3.88. The number of carbonyl (C=O) groups is 3. The summed E-state index contributed by atoms with van der Waals surface area (Å²) in [5, 5.41) is 20.1. The summed E-state index contributed by atoms with van der Waals surface area (Å²) in [6.07, 6.45) is -0.117. The predicted molar refractivity (Wildman–Crippen MR) is 104 cm³/mol. The van der Waals surface area contributed by atoms with Crippen LogP contribution in [0.3, 0.4) is 0 Å². The minimum atomic E-state index is -1.10. The molecule has 0 saturated heterocycles. The highest BCUT2D eigenvalue weighted by Gasteiger charge is 2.37. The molecule has 2 N–H and O–H groups in total. The second-order valence-corrected chi connectivity index (χ2v) is 7.13. The monoisotopic (exact) mass is 408 g/mol. The fourth-order valence-electron chi connectivity index (χ4n) is 3.88. The Kier molecular flexibility index (Phi) is 4.42. The maximum Gasteiger partial charge on any atom is 0.336 e. The van der Waals surface area contributed by atoms with Crippen molar-refractivity contribution in [2.75, 3.05) is 0 Å². The number of carbonyl (C=O) groups excluding carboxylic acids is 2. The third-order valence-corrected chi connectivity index (χ3v) is 5.20. The van der Waals surface area contributed by atoms with Gasteiger partial charge in [-0.05, 0) is 37.1 Å². The molecule has 0 unspecified atom stereocenters. The van der Waals surface area contributed by atoms with E-state index in [0.717, 1.165) is 0 Å². The molecule has 30 heavy (non-hydrogen) atoms. The van der Waals surface area contributed by atoms with Crippen molar-refractivity contribution in [1.82, 2.24) is 0 Å². The zero-order valence-electron chi connectivity index (χ0n) is 16.0. The molecule has 0 aliphatic carbocycles. The van der Waals surface area contributed by atoms with Gasteiger partial charge in [-0.2, -0.15) is 0 Å². The van der Waals surface area contributed by atoms with Crippen LogP contribution < -0.4 is 10.4 Å². The zero-order chi connectivity index (χ0) is 21.7. The number of esters is 1. The Bertz CT molecular complexity index is 1300. The first kappa shape index (κ1) is 19.4. The number of hydrogen-bond acceptors (Lipinski definition) is 7. The molecule has 2 heterocycles. The van der Waals surface area contributed by atoms with Gasteiger partial charge in [0.15, 0.2) is 11.5 Å². The first-order chi connectivity index (χ1) is 14.2. The average molecular weight is 408 g/mol. The van der Waals surface area contributed by atoms with Gasteiger partial charge in [0.05, 0.1) is 17.4 Å². The van der Waals surface area contributed by atoms with E-state index in [4.69, 9.17) is 14.3 Å². The average Bonchev–Trinajstić information content (AvgIpc) is 2.66. The Morgan fingerprint density at radius 1 is 1.13 bits per heavy atom. The van der Waals surface area contributed by atoms with Crippen LogP contribution >= 0.6 is 0 Å². The molecule has 0 amide bonds. The van der Waals surface area contributed by atoms with Crippen LogP contribution in [0.15, 0.2) is 39.5 Å². The lowest BCUT2D eigenvalue weighted by Gasteiger charge is -2.28. The summed E-state index contributed by atoms with van der Waals surface area (Å²) in [6.45, 7) is 2.83. The van der Waals surface area contributed by atoms with E-state index in [1.54, 1.807) is 19.1 Å². The third-order valence-electron chi connectivity index (χ3n) is 5.20. The number of benzene rings is 2. The van der Waals surface area contributed by atoms with Crippen LogP contribution in [0, 0.1) is 6.92 Å². The number of phenols is 1. The Morgan fingerprint density at radius 2 is 1.80 bits per heavy atom. The summed E-state index contributed by atoms with van der Waals surface area (Å²) >= 11 is 0. The Balaban J connectivity index is 2.10. The van der Waals surface area contributed by atoms with E-state index >= 15 is 0 Å². The van der Waals surface area contributed by atoms with Crippen LogP contribution in [-0.4, -0.2) is 27.9 Å². The van der Waals surface area contributed by atoms with E-state index < -0.39 is 35.0 Å². The van der Waals surface area contributed by atoms with Crippen LogP contribution in [0.1, 0.15) is 56.7 Å². The largest absolute Gasteiger partial charge is 0.506 e. The molecule has 0 bridgehead atoms. The van der Waals surface area contributed by atoms with Crippen molar-refractivity contribution in [2.24, 2.45) is 0 Å². The van der Waals surface area contributed by atoms with E-state index in [2.05, 4.69) is 0 Å². The minimum Gasteiger partial charge on any atom is -0.506 e. The number of ketones is 1. The van der Waals surface area contributed by atoms with Crippen molar-refractivity contribution < 1.29 is 33.8 Å². The Morgan fingerprint density at radius 3 is 2.40 bits per heavy atom. The number of fused-ring (bicyclic) bond motifs is 3. The van der Waals surface area contributed by atoms with Gasteiger partial charge in [-0.3, -0.25) is 9.59 Å². The lowest BCUT2D eigenvalue weighted by Crippen LogP contribution is -2.23. The van der Waals surface area contributed by atoms with Gasteiger partial charge >= 0.3 is 17.6 Å². The number of Topliss-reactive ketones (excluding diaryl/α,β-unsaturated/α-hetero) is 1. The minimum absolute atomic E-state index is 0.0253. The molecule has 1 aromatic heterocycles. The van der Waals surface area contributed by atoms with E-state index in [9.17, 15) is 24.3 Å². The number of carboxylic acid groups (broad SMARTS) is 1. The molecule has 152 valence electrons. The van der Waals surface area contributed by atoms with Crippen molar-refractivity contribution in [3.05, 3.63) is 68.6 Å². The number of phenolic OH excluding ortho intramolecular Hbond substituents is 1. The van der Waals surface area contributed by atoms with Gasteiger partial charge in [-0.1, -0.05) is 12.1 Å². The van der Waals surface area contributed by atoms with Gasteiger partial charge < -0.3 is 19.4 Å². The number of hydrogen-bond donors (Lipinski definition) is 2. The summed E-state index contributed by atoms with van der Waals surface area (Å²) in [6, 6.07) is 7.09. The van der Waals surface area contributed by atoms with Crippen molar-refractivity contribution in [3.8, 4) is 11.5 Å². The van der Waals surface area contributed by atoms with Crippen molar-refractivity contribution in [3.63, 3.8) is 0 Å². The highest BCUT2D eigenvalue weighted by atomic mass is 16.5. The zero-order valence-corrected chi connectivity index (χ0v) is 16.0. The highest BCUT2D eigenvalue weighted by molar-refractivity contribution is 6.09. The van der Waals surface area contributed by atoms with Crippen LogP contribution in [0.4, 0.5) is 0 Å². The third kappa shape index (κ3) is 2.93. The first-order valence-corrected chi connectivity index (χ1v) is 9.07. The molecule has 1 atom stereocenters. The topological polar surface area (TPSA) is 131 Å². The molecule has 0 fully saturated rings. The molecule has 1 aliphatic heterocycles. The molecule has 0 saturated carbocycles. The molecular weight excluding hydrogens is 392 g/mol. The van der Waals surface area contributed by atoms with Crippen LogP contribution in [0.25, 0.3) is 11.0 Å². The number of carboxylic acids is 1. The lowest BCUT2D eigenvalue weighted by molar-refractivity contribution is -0.135. The summed E-state index contributed by atoms with van der Waals surface area (Å²) in [7, 11) is 0. The lowest BCUT2D eigenvalue weighted by atomic mass is 9.82. The molecule has 1 aliphatic rings. The van der Waals surface area contributed by atoms with Gasteiger partial charge in [0.25, 0.3) is 0 Å². The van der Waals surface area contributed by atoms with E-state index in [1.165, 1.54) is 25.1 Å². The van der Waals surface area contributed by atoms with Gasteiger partial charge in [0.1, 0.15) is 16.9 Å². The molecule has 0 radical (unpaired) electrons. The van der Waals surface area contributed by atoms with Gasteiger partial charge in [0, 0.05) is 17.5 Å². The molecule has 2 aromatic carbocycles. The second-order valence-electron chi connectivity index (χ2n) is 7.13. The Hall–Kier alpha value is -3.94. The molecule has 8 nitrogen and oxygen atoms in total. The number of aryl methyl sites for hydroxylation is 1. The highest BCUT2D eigenvalue weighted by Crippen LogP contribution is 2.49. The molecule has 3 aromatic rings. The predicted octanol–water partition coefficient (Wildman–Crippen LogP) is 3.15. The maximum absolute atomic E-state index is 12.3. The van der Waals surface area contributed by atoms with Crippen LogP contribution in [0.2, 0.25) is 0 Å².